The summed E-state index contributed by atoms with van der Waals surface area (Å²) in [6.07, 6.45) is 0.844. The van der Waals surface area contributed by atoms with E-state index >= 15 is 0 Å². The molecule has 6 heteroatoms. The van der Waals surface area contributed by atoms with E-state index < -0.39 is 12.0 Å². The second-order valence-electron chi connectivity index (χ2n) is 4.51. The summed E-state index contributed by atoms with van der Waals surface area (Å²) >= 11 is 0. The van der Waals surface area contributed by atoms with Crippen LogP contribution >= 0.6 is 0 Å². The molecule has 0 bridgehead atoms. The molecule has 0 aromatic heterocycles. The molecule has 0 saturated carbocycles. The van der Waals surface area contributed by atoms with E-state index in [1.165, 1.54) is 0 Å². The Labute approximate surface area is 89.0 Å². The van der Waals surface area contributed by atoms with Crippen molar-refractivity contribution >= 4 is 5.97 Å². The Hall–Kier alpha value is -0.690. The van der Waals surface area contributed by atoms with Crippen molar-refractivity contribution in [2.75, 3.05) is 13.2 Å². The lowest BCUT2D eigenvalue weighted by atomic mass is 9.92. The molecule has 3 N–H and O–H groups in total. The Bertz CT molecular complexity index is 189. The maximum atomic E-state index is 10.7. The van der Waals surface area contributed by atoms with Gasteiger partial charge in [-0.25, -0.2) is 10.1 Å². The first kappa shape index (κ1) is 14.3. The van der Waals surface area contributed by atoms with Gasteiger partial charge in [0, 0.05) is 0 Å². The maximum Gasteiger partial charge on any atom is 0.323 e. The topological polar surface area (TPSA) is 88.0 Å². The van der Waals surface area contributed by atoms with E-state index in [-0.39, 0.29) is 12.0 Å². The molecular weight excluding hydrogens is 202 g/mol. The molecule has 1 unspecified atom stereocenters. The summed E-state index contributed by atoms with van der Waals surface area (Å²) in [5, 5.41) is 22.8. The summed E-state index contributed by atoms with van der Waals surface area (Å²) < 4.78 is 0. The minimum Gasteiger partial charge on any atom is -0.480 e. The van der Waals surface area contributed by atoms with Gasteiger partial charge in [0.05, 0.1) is 0 Å². The van der Waals surface area contributed by atoms with Crippen LogP contribution in [-0.4, -0.2) is 35.5 Å². The van der Waals surface area contributed by atoms with Gasteiger partial charge in [-0.15, -0.1) is 0 Å². The highest BCUT2D eigenvalue weighted by Gasteiger charge is 2.18. The molecule has 0 spiro atoms. The Morgan fingerprint density at radius 1 is 1.47 bits per heavy atom. The van der Waals surface area contributed by atoms with Gasteiger partial charge in [0.25, 0.3) is 0 Å². The molecule has 0 radical (unpaired) electrons. The minimum absolute atomic E-state index is 0.143. The normalized spacial score (nSPS) is 13.9. The Morgan fingerprint density at radius 2 is 2.07 bits per heavy atom. The third-order valence-corrected chi connectivity index (χ3v) is 1.85. The van der Waals surface area contributed by atoms with Gasteiger partial charge in [0.1, 0.15) is 12.6 Å². The predicted octanol–water partition coefficient (Wildman–Crippen LogP) is 0.887. The van der Waals surface area contributed by atoms with Crippen molar-refractivity contribution < 1.29 is 25.1 Å². The SMILES string of the molecule is CC(C)(C)CCNC(COOO)C(=O)O. The van der Waals surface area contributed by atoms with Gasteiger partial charge in [-0.1, -0.05) is 25.8 Å². The molecule has 0 rings (SSSR count). The first-order chi connectivity index (χ1) is 6.87. The van der Waals surface area contributed by atoms with Crippen LogP contribution in [0.5, 0.6) is 0 Å². The number of rotatable bonds is 7. The monoisotopic (exact) mass is 221 g/mol. The van der Waals surface area contributed by atoms with E-state index in [0.29, 0.717) is 6.54 Å². The second kappa shape index (κ2) is 6.73. The van der Waals surface area contributed by atoms with Crippen LogP contribution in [0.15, 0.2) is 0 Å². The number of hydrogen-bond donors (Lipinski definition) is 3. The number of nitrogens with one attached hydrogen (secondary N) is 1. The van der Waals surface area contributed by atoms with Gasteiger partial charge in [0.2, 0.25) is 0 Å². The number of aliphatic carboxylic acids is 1. The molecule has 0 aromatic rings. The molecule has 0 aliphatic heterocycles. The van der Waals surface area contributed by atoms with Crippen molar-refractivity contribution in [2.24, 2.45) is 5.41 Å². The van der Waals surface area contributed by atoms with Crippen LogP contribution in [0.4, 0.5) is 0 Å². The summed E-state index contributed by atoms with van der Waals surface area (Å²) in [5.74, 6) is -1.04. The molecule has 90 valence electrons. The summed E-state index contributed by atoms with van der Waals surface area (Å²) in [6.45, 7) is 6.53. The highest BCUT2D eigenvalue weighted by atomic mass is 17.5. The summed E-state index contributed by atoms with van der Waals surface area (Å²) in [5.41, 5.74) is 0.143. The largest absolute Gasteiger partial charge is 0.480 e. The molecule has 6 nitrogen and oxygen atoms in total. The van der Waals surface area contributed by atoms with Crippen LogP contribution in [0, 0.1) is 5.41 Å². The lowest BCUT2D eigenvalue weighted by Crippen LogP contribution is -2.41. The molecule has 0 amide bonds. The molecular formula is C9H19NO5. The van der Waals surface area contributed by atoms with Crippen molar-refractivity contribution in [3.05, 3.63) is 0 Å². The van der Waals surface area contributed by atoms with Gasteiger partial charge in [-0.05, 0) is 18.4 Å². The van der Waals surface area contributed by atoms with E-state index in [1.807, 2.05) is 0 Å². The third-order valence-electron chi connectivity index (χ3n) is 1.85. The average molecular weight is 221 g/mol. The number of carboxylic acids is 1. The zero-order valence-electron chi connectivity index (χ0n) is 9.32. The number of carbonyl (C=O) groups is 1. The van der Waals surface area contributed by atoms with Crippen LogP contribution in [0.3, 0.4) is 0 Å². The van der Waals surface area contributed by atoms with Gasteiger partial charge >= 0.3 is 5.97 Å². The van der Waals surface area contributed by atoms with Gasteiger partial charge in [-0.2, -0.15) is 0 Å². The minimum atomic E-state index is -1.04. The lowest BCUT2D eigenvalue weighted by Gasteiger charge is -2.20. The van der Waals surface area contributed by atoms with E-state index in [4.69, 9.17) is 10.4 Å². The molecule has 15 heavy (non-hydrogen) atoms. The average Bonchev–Trinajstić information content (AvgIpc) is 2.08. The molecule has 0 aliphatic carbocycles. The quantitative estimate of drug-likeness (QED) is 0.437. The second-order valence-corrected chi connectivity index (χ2v) is 4.51. The summed E-state index contributed by atoms with van der Waals surface area (Å²) in [4.78, 5) is 14.8. The van der Waals surface area contributed by atoms with Crippen LogP contribution in [-0.2, 0) is 14.7 Å². The molecule has 0 aromatic carbocycles. The Balaban J connectivity index is 3.81. The maximum absolute atomic E-state index is 10.7. The van der Waals surface area contributed by atoms with Crippen molar-refractivity contribution in [3.8, 4) is 0 Å². The first-order valence-corrected chi connectivity index (χ1v) is 4.76. The zero-order chi connectivity index (χ0) is 11.9. The fraction of sp³-hybridized carbons (Fsp3) is 0.889. The van der Waals surface area contributed by atoms with Crippen molar-refractivity contribution in [2.45, 2.75) is 33.2 Å². The molecule has 0 heterocycles. The van der Waals surface area contributed by atoms with E-state index in [0.717, 1.165) is 6.42 Å². The Kier molecular flexibility index (Phi) is 6.42. The van der Waals surface area contributed by atoms with Crippen LogP contribution < -0.4 is 5.32 Å². The van der Waals surface area contributed by atoms with Crippen molar-refractivity contribution in [1.82, 2.24) is 5.32 Å². The van der Waals surface area contributed by atoms with Gasteiger partial charge in [-0.3, -0.25) is 4.79 Å². The fourth-order valence-corrected chi connectivity index (χ4v) is 0.937. The molecule has 1 atom stereocenters. The van der Waals surface area contributed by atoms with Crippen LogP contribution in [0.25, 0.3) is 0 Å². The highest BCUT2D eigenvalue weighted by molar-refractivity contribution is 5.73. The van der Waals surface area contributed by atoms with Crippen LogP contribution in [0.1, 0.15) is 27.2 Å². The van der Waals surface area contributed by atoms with Gasteiger partial charge < -0.3 is 10.4 Å². The van der Waals surface area contributed by atoms with Crippen molar-refractivity contribution in [3.63, 3.8) is 0 Å². The molecule has 0 fully saturated rings. The van der Waals surface area contributed by atoms with E-state index in [2.05, 4.69) is 36.0 Å². The predicted molar refractivity (Wildman–Crippen MR) is 53.2 cm³/mol. The van der Waals surface area contributed by atoms with Gasteiger partial charge in [0.15, 0.2) is 0 Å². The highest BCUT2D eigenvalue weighted by Crippen LogP contribution is 2.16. The first-order valence-electron chi connectivity index (χ1n) is 4.76. The summed E-state index contributed by atoms with van der Waals surface area (Å²) in [6, 6.07) is -0.875. The number of hydrogen-bond acceptors (Lipinski definition) is 5. The Morgan fingerprint density at radius 3 is 2.47 bits per heavy atom. The smallest absolute Gasteiger partial charge is 0.323 e. The van der Waals surface area contributed by atoms with E-state index in [9.17, 15) is 4.79 Å². The molecule has 0 saturated heterocycles. The standard InChI is InChI=1S/C9H19NO5/c1-9(2,3)4-5-10-7(8(11)12)6-14-15-13/h7,10,13H,4-6H2,1-3H3,(H,11,12). The fourth-order valence-electron chi connectivity index (χ4n) is 0.937. The zero-order valence-corrected chi connectivity index (χ0v) is 9.32. The van der Waals surface area contributed by atoms with E-state index in [1.54, 1.807) is 0 Å². The van der Waals surface area contributed by atoms with Crippen LogP contribution in [0.2, 0.25) is 0 Å². The number of carboxylic acid groups (broad SMARTS) is 1. The lowest BCUT2D eigenvalue weighted by molar-refractivity contribution is -0.491. The molecule has 0 aliphatic rings. The van der Waals surface area contributed by atoms with Crippen molar-refractivity contribution in [1.29, 1.82) is 0 Å². The summed E-state index contributed by atoms with van der Waals surface area (Å²) in [7, 11) is 0. The third kappa shape index (κ3) is 8.31.